The van der Waals surface area contributed by atoms with Gasteiger partial charge < -0.3 is 15.1 Å². The Morgan fingerprint density at radius 2 is 1.41 bits per heavy atom. The molecule has 0 spiro atoms. The molecular formula is C50H62ClF3N6O5S3. The Hall–Kier alpha value is -4.10. The number of allylic oxidation sites excluding steroid dienone is 1. The van der Waals surface area contributed by atoms with Gasteiger partial charge in [0, 0.05) is 104 Å². The van der Waals surface area contributed by atoms with E-state index in [-0.39, 0.29) is 16.8 Å². The second kappa shape index (κ2) is 22.3. The summed E-state index contributed by atoms with van der Waals surface area (Å²) in [4.78, 5) is 21.6. The number of amides is 1. The van der Waals surface area contributed by atoms with Crippen LogP contribution in [0, 0.1) is 0 Å². The van der Waals surface area contributed by atoms with Crippen LogP contribution in [-0.4, -0.2) is 126 Å². The van der Waals surface area contributed by atoms with Gasteiger partial charge in [0.05, 0.1) is 10.6 Å². The second-order valence-electron chi connectivity index (χ2n) is 18.8. The summed E-state index contributed by atoms with van der Waals surface area (Å²) < 4.78 is 98.4. The van der Waals surface area contributed by atoms with E-state index < -0.39 is 47.1 Å². The van der Waals surface area contributed by atoms with Gasteiger partial charge in [-0.1, -0.05) is 53.9 Å². The Kier molecular flexibility index (Phi) is 17.0. The number of thioether (sulfide) groups is 1. The van der Waals surface area contributed by atoms with Gasteiger partial charge in [0.1, 0.15) is 4.90 Å². The van der Waals surface area contributed by atoms with Crippen molar-refractivity contribution in [1.29, 1.82) is 0 Å². The number of nitrogens with zero attached hydrogens (tertiary/aromatic N) is 4. The van der Waals surface area contributed by atoms with Gasteiger partial charge in [-0.2, -0.15) is 13.2 Å². The number of rotatable bonds is 16. The fourth-order valence-corrected chi connectivity index (χ4v) is 12.2. The van der Waals surface area contributed by atoms with Crippen LogP contribution in [0.1, 0.15) is 75.2 Å². The molecule has 2 N–H and O–H groups in total. The summed E-state index contributed by atoms with van der Waals surface area (Å²) in [6, 6.07) is 26.0. The van der Waals surface area contributed by atoms with Gasteiger partial charge in [0.25, 0.3) is 25.8 Å². The minimum atomic E-state index is -6.06. The molecule has 368 valence electrons. The SMILES string of the molecule is CC(C)(C)N1CCN(CC[C@H](CSc2ccccc2)Nc2ccc(S(=O)(=O)NC(=O)c3ccc(N4CCN(CC5=C(c6ccc(Cl)cc6)CCCCC5)CC4)cc3)cc2S(=O)(=O)C(F)(F)F)CC1. The molecule has 18 heteroatoms. The van der Waals surface area contributed by atoms with Crippen LogP contribution in [0.2, 0.25) is 5.02 Å². The third-order valence-electron chi connectivity index (χ3n) is 13.1. The van der Waals surface area contributed by atoms with Gasteiger partial charge in [-0.15, -0.1) is 11.8 Å². The van der Waals surface area contributed by atoms with Crippen molar-refractivity contribution in [3.63, 3.8) is 0 Å². The number of halogens is 4. The highest BCUT2D eigenvalue weighted by Gasteiger charge is 2.48. The highest BCUT2D eigenvalue weighted by Crippen LogP contribution is 2.37. The van der Waals surface area contributed by atoms with E-state index >= 15 is 0 Å². The molecule has 7 rings (SSSR count). The second-order valence-corrected chi connectivity index (χ2v) is 23.9. The molecule has 3 aliphatic rings. The van der Waals surface area contributed by atoms with Crippen molar-refractivity contribution in [2.45, 2.75) is 91.1 Å². The maximum absolute atomic E-state index is 14.3. The zero-order chi connectivity index (χ0) is 48.7. The van der Waals surface area contributed by atoms with E-state index in [1.807, 2.05) is 47.2 Å². The molecule has 0 bridgehead atoms. The third-order valence-corrected chi connectivity index (χ3v) is 17.3. The molecule has 11 nitrogen and oxygen atoms in total. The molecule has 0 aromatic heterocycles. The van der Waals surface area contributed by atoms with Gasteiger partial charge in [-0.05, 0) is 131 Å². The first-order chi connectivity index (χ1) is 32.3. The van der Waals surface area contributed by atoms with Crippen LogP contribution in [0.15, 0.2) is 117 Å². The molecule has 1 atom stereocenters. The van der Waals surface area contributed by atoms with E-state index in [0.29, 0.717) is 24.8 Å². The van der Waals surface area contributed by atoms with E-state index in [1.54, 1.807) is 12.1 Å². The molecule has 0 unspecified atom stereocenters. The standard InChI is InChI=1S/C50H62ClF3N6O5S3/c1-49(2,3)60-32-28-57(29-33-60)25-24-41(36-66-43-11-7-5-8-12-43)55-46-23-22-44(34-47(46)67(62,63)50(52,53)54)68(64,65)56-48(61)38-16-20-42(21-17-38)59-30-26-58(27-31-59)35-39-10-6-4-9-13-45(39)37-14-18-40(51)19-15-37/h5,7-8,11-12,14-23,34,41,55H,4,6,9-10,13,24-33,35-36H2,1-3H3,(H,56,61)/t41-/m1/s1. The number of nitrogens with one attached hydrogen (secondary N) is 2. The monoisotopic (exact) mass is 1010 g/mol. The summed E-state index contributed by atoms with van der Waals surface area (Å²) >= 11 is 7.66. The summed E-state index contributed by atoms with van der Waals surface area (Å²) in [5.74, 6) is -0.633. The predicted molar refractivity (Wildman–Crippen MR) is 268 cm³/mol. The molecule has 1 amide bonds. The number of hydrogen-bond acceptors (Lipinski definition) is 11. The van der Waals surface area contributed by atoms with Gasteiger partial charge in [-0.25, -0.2) is 21.6 Å². The minimum absolute atomic E-state index is 0.00555. The maximum Gasteiger partial charge on any atom is 0.501 e. The average Bonchev–Trinajstić information content (AvgIpc) is 3.55. The van der Waals surface area contributed by atoms with Crippen LogP contribution in [0.5, 0.6) is 0 Å². The third kappa shape index (κ3) is 13.4. The zero-order valence-corrected chi connectivity index (χ0v) is 42.1. The van der Waals surface area contributed by atoms with E-state index in [4.69, 9.17) is 11.6 Å². The number of sulfone groups is 1. The Labute approximate surface area is 409 Å². The summed E-state index contributed by atoms with van der Waals surface area (Å²) in [7, 11) is -10.9. The van der Waals surface area contributed by atoms with Crippen molar-refractivity contribution in [3.05, 3.63) is 119 Å². The highest BCUT2D eigenvalue weighted by molar-refractivity contribution is 7.99. The topological polar surface area (TPSA) is 122 Å². The molecule has 2 fully saturated rings. The number of alkyl halides is 3. The first-order valence-corrected chi connectivity index (χ1v) is 27.6. The summed E-state index contributed by atoms with van der Waals surface area (Å²) in [5.41, 5.74) is -1.11. The molecule has 2 heterocycles. The quantitative estimate of drug-likeness (QED) is 0.104. The molecule has 4 aromatic rings. The number of hydrogen-bond donors (Lipinski definition) is 2. The molecule has 4 aromatic carbocycles. The smallest absolute Gasteiger partial charge is 0.380 e. The summed E-state index contributed by atoms with van der Waals surface area (Å²) in [6.07, 6.45) is 6.14. The Bertz CT molecular complexity index is 2600. The first kappa shape index (κ1) is 51.7. The van der Waals surface area contributed by atoms with E-state index in [1.165, 1.54) is 59.9 Å². The first-order valence-electron chi connectivity index (χ1n) is 23.3. The van der Waals surface area contributed by atoms with Crippen LogP contribution in [0.3, 0.4) is 0 Å². The highest BCUT2D eigenvalue weighted by atomic mass is 35.5. The van der Waals surface area contributed by atoms with Crippen molar-refractivity contribution in [2.75, 3.05) is 81.4 Å². The van der Waals surface area contributed by atoms with Crippen molar-refractivity contribution >= 4 is 66.1 Å². The maximum atomic E-state index is 14.3. The number of carbonyl (C=O) groups excluding carboxylic acids is 1. The largest absolute Gasteiger partial charge is 0.501 e. The van der Waals surface area contributed by atoms with E-state index in [0.717, 1.165) is 99.5 Å². The molecular weight excluding hydrogens is 953 g/mol. The Morgan fingerprint density at radius 3 is 2.06 bits per heavy atom. The summed E-state index contributed by atoms with van der Waals surface area (Å²) in [5, 5.41) is 3.77. The molecule has 2 saturated heterocycles. The normalized spacial score (nSPS) is 18.0. The molecule has 2 aliphatic heterocycles. The molecule has 1 aliphatic carbocycles. The van der Waals surface area contributed by atoms with E-state index in [2.05, 4.69) is 57.8 Å². The number of benzene rings is 4. The van der Waals surface area contributed by atoms with Crippen LogP contribution in [0.4, 0.5) is 24.5 Å². The van der Waals surface area contributed by atoms with Crippen molar-refractivity contribution in [3.8, 4) is 0 Å². The Morgan fingerprint density at radius 1 is 0.765 bits per heavy atom. The minimum Gasteiger partial charge on any atom is -0.380 e. The van der Waals surface area contributed by atoms with Gasteiger partial charge in [-0.3, -0.25) is 14.6 Å². The fraction of sp³-hybridized carbons (Fsp3) is 0.460. The van der Waals surface area contributed by atoms with Crippen molar-refractivity contribution < 1.29 is 34.8 Å². The lowest BCUT2D eigenvalue weighted by Gasteiger charge is -2.42. The van der Waals surface area contributed by atoms with Crippen molar-refractivity contribution in [2.24, 2.45) is 0 Å². The number of anilines is 2. The van der Waals surface area contributed by atoms with Gasteiger partial charge >= 0.3 is 5.51 Å². The molecule has 0 radical (unpaired) electrons. The molecule has 0 saturated carbocycles. The number of carbonyl (C=O) groups is 1. The zero-order valence-electron chi connectivity index (χ0n) is 38.9. The number of sulfonamides is 1. The Balaban J connectivity index is 1.02. The van der Waals surface area contributed by atoms with Gasteiger partial charge in [0.2, 0.25) is 0 Å². The lowest BCUT2D eigenvalue weighted by molar-refractivity contribution is -0.0435. The van der Waals surface area contributed by atoms with E-state index in [9.17, 15) is 34.8 Å². The molecule has 68 heavy (non-hydrogen) atoms. The van der Waals surface area contributed by atoms with Crippen LogP contribution in [0.25, 0.3) is 5.57 Å². The van der Waals surface area contributed by atoms with Crippen LogP contribution < -0.4 is 14.9 Å². The van der Waals surface area contributed by atoms with Crippen LogP contribution in [-0.2, 0) is 19.9 Å². The summed E-state index contributed by atoms with van der Waals surface area (Å²) in [6.45, 7) is 14.5. The fourth-order valence-electron chi connectivity index (χ4n) is 9.06. The lowest BCUT2D eigenvalue weighted by Crippen LogP contribution is -2.53. The lowest BCUT2D eigenvalue weighted by atomic mass is 9.95. The average molecular weight is 1020 g/mol. The van der Waals surface area contributed by atoms with Crippen molar-refractivity contribution in [1.82, 2.24) is 19.4 Å². The number of piperazine rings is 2. The van der Waals surface area contributed by atoms with Crippen LogP contribution >= 0.6 is 23.4 Å². The van der Waals surface area contributed by atoms with Gasteiger partial charge in [0.15, 0.2) is 0 Å². The predicted octanol–water partition coefficient (Wildman–Crippen LogP) is 9.67.